The van der Waals surface area contributed by atoms with Gasteiger partial charge in [-0.1, -0.05) is 31.2 Å². The van der Waals surface area contributed by atoms with Crippen molar-refractivity contribution in [1.29, 1.82) is 0 Å². The zero-order valence-corrected chi connectivity index (χ0v) is 20.5. The van der Waals surface area contributed by atoms with Gasteiger partial charge in [-0.25, -0.2) is 8.42 Å². The molecule has 0 heterocycles. The van der Waals surface area contributed by atoms with Crippen LogP contribution < -0.4 is 14.8 Å². The van der Waals surface area contributed by atoms with Crippen molar-refractivity contribution in [3.63, 3.8) is 0 Å². The van der Waals surface area contributed by atoms with Gasteiger partial charge in [0.25, 0.3) is 0 Å². The van der Waals surface area contributed by atoms with Crippen molar-refractivity contribution in [1.82, 2.24) is 5.32 Å². The lowest BCUT2D eigenvalue weighted by Crippen LogP contribution is -2.39. The molecule has 1 aliphatic carbocycles. The Labute approximate surface area is 201 Å². The van der Waals surface area contributed by atoms with E-state index in [4.69, 9.17) is 4.74 Å². The summed E-state index contributed by atoms with van der Waals surface area (Å²) in [5, 5.41) is 23.5. The smallest absolute Gasteiger partial charge is 0.229 e. The normalized spacial score (nSPS) is 19.4. The fourth-order valence-electron chi connectivity index (χ4n) is 4.22. The van der Waals surface area contributed by atoms with E-state index in [0.29, 0.717) is 30.7 Å². The number of aromatic hydroxyl groups is 1. The maximum Gasteiger partial charge on any atom is 0.229 e. The summed E-state index contributed by atoms with van der Waals surface area (Å²) < 4.78 is 30.6. The van der Waals surface area contributed by atoms with Crippen LogP contribution in [0.3, 0.4) is 0 Å². The molecule has 2 aromatic rings. The molecule has 0 spiro atoms. The summed E-state index contributed by atoms with van der Waals surface area (Å²) in [5.74, 6) is 0.788. The fourth-order valence-corrected chi connectivity index (χ4v) is 4.78. The van der Waals surface area contributed by atoms with Crippen molar-refractivity contribution >= 4 is 21.5 Å². The Hall–Kier alpha value is -2.62. The lowest BCUT2D eigenvalue weighted by atomic mass is 9.81. The molecule has 4 N–H and O–H groups in total. The monoisotopic (exact) mass is 490 g/mol. The quantitative estimate of drug-likeness (QED) is 0.281. The minimum atomic E-state index is -3.54. The van der Waals surface area contributed by atoms with Crippen molar-refractivity contribution in [3.05, 3.63) is 53.6 Å². The van der Waals surface area contributed by atoms with Gasteiger partial charge in [-0.2, -0.15) is 0 Å². The number of ketones is 1. The molecule has 34 heavy (non-hydrogen) atoms. The van der Waals surface area contributed by atoms with Crippen molar-refractivity contribution in [2.75, 3.05) is 24.1 Å². The number of anilines is 1. The summed E-state index contributed by atoms with van der Waals surface area (Å²) in [6.45, 7) is 2.29. The summed E-state index contributed by atoms with van der Waals surface area (Å²) in [4.78, 5) is 11.8. The number of rotatable bonds is 11. The molecule has 186 valence electrons. The molecule has 3 rings (SSSR count). The number of hydrogen-bond acceptors (Lipinski definition) is 7. The molecule has 0 amide bonds. The van der Waals surface area contributed by atoms with E-state index >= 15 is 0 Å². The Morgan fingerprint density at radius 1 is 1.12 bits per heavy atom. The summed E-state index contributed by atoms with van der Waals surface area (Å²) in [6, 6.07) is 12.5. The number of aliphatic hydroxyl groups is 1. The molecule has 9 heteroatoms. The Morgan fingerprint density at radius 2 is 1.79 bits per heavy atom. The van der Waals surface area contributed by atoms with Gasteiger partial charge in [0.1, 0.15) is 24.2 Å². The Kier molecular flexibility index (Phi) is 8.93. The topological polar surface area (TPSA) is 125 Å². The van der Waals surface area contributed by atoms with Crippen LogP contribution in [0, 0.1) is 0 Å². The van der Waals surface area contributed by atoms with E-state index in [1.54, 1.807) is 0 Å². The molecule has 0 radical (unpaired) electrons. The van der Waals surface area contributed by atoms with Crippen LogP contribution in [0.15, 0.2) is 42.5 Å². The maximum absolute atomic E-state index is 11.8. The third kappa shape index (κ3) is 7.72. The first kappa shape index (κ1) is 26.0. The summed E-state index contributed by atoms with van der Waals surface area (Å²) in [5.41, 5.74) is 2.07. The molecular weight excluding hydrogens is 456 g/mol. The van der Waals surface area contributed by atoms with Crippen LogP contribution in [0.4, 0.5) is 5.69 Å². The molecule has 1 saturated carbocycles. The molecule has 0 unspecified atom stereocenters. The van der Waals surface area contributed by atoms with Gasteiger partial charge in [-0.05, 0) is 49.3 Å². The average molecular weight is 491 g/mol. The van der Waals surface area contributed by atoms with E-state index < -0.39 is 16.1 Å². The number of phenols is 1. The standard InChI is InChI=1S/C25H34N2O6S/c1-3-24(29)19-6-4-17(5-7-19)18-8-10-20(11-9-18)26-15-21(28)16-33-22-12-13-25(30)23(14-22)27-34(2,31)32/h4-7,12-14,18,20-21,26-28,30H,3,8-11,15-16H2,1-2H3/t18-,20-,21-/m0/s1. The van der Waals surface area contributed by atoms with Crippen molar-refractivity contribution in [3.8, 4) is 11.5 Å². The van der Waals surface area contributed by atoms with E-state index in [9.17, 15) is 23.4 Å². The predicted molar refractivity (Wildman–Crippen MR) is 132 cm³/mol. The Bertz CT molecular complexity index is 1060. The second-order valence-corrected chi connectivity index (χ2v) is 10.6. The second-order valence-electron chi connectivity index (χ2n) is 8.87. The fraction of sp³-hybridized carbons (Fsp3) is 0.480. The van der Waals surface area contributed by atoms with Gasteiger partial charge < -0.3 is 20.3 Å². The largest absolute Gasteiger partial charge is 0.506 e. The summed E-state index contributed by atoms with van der Waals surface area (Å²) in [6.07, 6.45) is 4.89. The minimum absolute atomic E-state index is 0.0241. The van der Waals surface area contributed by atoms with Crippen molar-refractivity contribution in [2.45, 2.75) is 57.1 Å². The van der Waals surface area contributed by atoms with Crippen LogP contribution in [-0.2, 0) is 10.0 Å². The summed E-state index contributed by atoms with van der Waals surface area (Å²) in [7, 11) is -3.54. The van der Waals surface area contributed by atoms with Crippen LogP contribution in [0.1, 0.15) is 60.9 Å². The molecular formula is C25H34N2O6S. The first-order valence-electron chi connectivity index (χ1n) is 11.6. The van der Waals surface area contributed by atoms with Crippen LogP contribution in [-0.4, -0.2) is 56.0 Å². The number of sulfonamides is 1. The highest BCUT2D eigenvalue weighted by Gasteiger charge is 2.23. The highest BCUT2D eigenvalue weighted by atomic mass is 32.2. The first-order chi connectivity index (χ1) is 16.1. The molecule has 1 aliphatic rings. The van der Waals surface area contributed by atoms with Gasteiger partial charge in [-0.15, -0.1) is 0 Å². The molecule has 0 saturated heterocycles. The van der Waals surface area contributed by atoms with E-state index in [0.717, 1.165) is 37.5 Å². The number of Topliss-reactive ketones (excluding diaryl/α,β-unsaturated/α-hetero) is 1. The highest BCUT2D eigenvalue weighted by Crippen LogP contribution is 2.33. The predicted octanol–water partition coefficient (Wildman–Crippen LogP) is 3.41. The number of benzene rings is 2. The SMILES string of the molecule is CCC(=O)c1ccc([C@H]2CC[C@H](NC[C@H](O)COc3ccc(O)c(NS(C)(=O)=O)c3)CC2)cc1. The summed E-state index contributed by atoms with van der Waals surface area (Å²) >= 11 is 0. The lowest BCUT2D eigenvalue weighted by Gasteiger charge is -2.30. The van der Waals surface area contributed by atoms with Crippen LogP contribution >= 0.6 is 0 Å². The maximum atomic E-state index is 11.8. The molecule has 0 aliphatic heterocycles. The highest BCUT2D eigenvalue weighted by molar-refractivity contribution is 7.92. The number of nitrogens with one attached hydrogen (secondary N) is 2. The second kappa shape index (κ2) is 11.7. The van der Waals surface area contributed by atoms with Gasteiger partial charge in [0.2, 0.25) is 10.0 Å². The third-order valence-corrected chi connectivity index (χ3v) is 6.69. The Balaban J connectivity index is 1.40. The number of phenolic OH excluding ortho intramolecular Hbond substituents is 1. The molecule has 2 aromatic carbocycles. The number of carbonyl (C=O) groups is 1. The zero-order chi connectivity index (χ0) is 24.7. The van der Waals surface area contributed by atoms with Crippen molar-refractivity contribution in [2.24, 2.45) is 0 Å². The molecule has 0 bridgehead atoms. The van der Waals surface area contributed by atoms with Crippen LogP contribution in [0.2, 0.25) is 0 Å². The number of aliphatic hydroxyl groups excluding tert-OH is 1. The van der Waals surface area contributed by atoms with Gasteiger partial charge in [0.15, 0.2) is 5.78 Å². The first-order valence-corrected chi connectivity index (χ1v) is 13.5. The Morgan fingerprint density at radius 3 is 2.41 bits per heavy atom. The number of hydrogen-bond donors (Lipinski definition) is 4. The third-order valence-electron chi connectivity index (χ3n) is 6.10. The van der Waals surface area contributed by atoms with Gasteiger partial charge in [-0.3, -0.25) is 9.52 Å². The van der Waals surface area contributed by atoms with Gasteiger partial charge in [0, 0.05) is 30.6 Å². The van der Waals surface area contributed by atoms with E-state index in [-0.39, 0.29) is 23.8 Å². The average Bonchev–Trinajstić information content (AvgIpc) is 2.82. The lowest BCUT2D eigenvalue weighted by molar-refractivity contribution is 0.0987. The molecule has 8 nitrogen and oxygen atoms in total. The van der Waals surface area contributed by atoms with Crippen molar-refractivity contribution < 1.29 is 28.2 Å². The number of carbonyl (C=O) groups excluding carboxylic acids is 1. The van der Waals surface area contributed by atoms with Crippen LogP contribution in [0.5, 0.6) is 11.5 Å². The van der Waals surface area contributed by atoms with Gasteiger partial charge >= 0.3 is 0 Å². The molecule has 1 fully saturated rings. The molecule has 1 atom stereocenters. The minimum Gasteiger partial charge on any atom is -0.506 e. The molecule has 0 aromatic heterocycles. The zero-order valence-electron chi connectivity index (χ0n) is 19.7. The van der Waals surface area contributed by atoms with E-state index in [2.05, 4.69) is 22.2 Å². The van der Waals surface area contributed by atoms with E-state index in [1.165, 1.54) is 23.8 Å². The van der Waals surface area contributed by atoms with E-state index in [1.807, 2.05) is 19.1 Å². The van der Waals surface area contributed by atoms with Gasteiger partial charge in [0.05, 0.1) is 11.9 Å². The van der Waals surface area contributed by atoms with Crippen LogP contribution in [0.25, 0.3) is 0 Å². The number of ether oxygens (including phenoxy) is 1.